The third kappa shape index (κ3) is 5.37. The fourth-order valence-electron chi connectivity index (χ4n) is 5.69. The van der Waals surface area contributed by atoms with Gasteiger partial charge in [0, 0.05) is 48.2 Å². The van der Waals surface area contributed by atoms with Gasteiger partial charge in [0.15, 0.2) is 0 Å². The molecule has 8 nitrogen and oxygen atoms in total. The van der Waals surface area contributed by atoms with Crippen LogP contribution >= 0.6 is 0 Å². The molecule has 3 atom stereocenters. The van der Waals surface area contributed by atoms with Crippen molar-refractivity contribution >= 4 is 28.7 Å². The minimum absolute atomic E-state index is 0.0155. The van der Waals surface area contributed by atoms with Gasteiger partial charge >= 0.3 is 5.97 Å². The van der Waals surface area contributed by atoms with Crippen LogP contribution in [0.25, 0.3) is 10.9 Å². The molecule has 1 aromatic heterocycles. The molecule has 1 aliphatic heterocycles. The fraction of sp³-hybridized carbons (Fsp3) is 0.567. The molecule has 0 saturated heterocycles. The van der Waals surface area contributed by atoms with Gasteiger partial charge in [-0.05, 0) is 29.9 Å². The first-order valence-corrected chi connectivity index (χ1v) is 13.3. The number of aryl methyl sites for hydroxylation is 1. The highest BCUT2D eigenvalue weighted by Gasteiger charge is 2.46. The van der Waals surface area contributed by atoms with Crippen molar-refractivity contribution in [3.05, 3.63) is 47.2 Å². The van der Waals surface area contributed by atoms with Crippen LogP contribution < -0.4 is 10.6 Å². The molecule has 0 aliphatic carbocycles. The Balaban J connectivity index is 1.93. The Kier molecular flexibility index (Phi) is 8.18. The third-order valence-electron chi connectivity index (χ3n) is 7.97. The average molecular weight is 525 g/mol. The number of hydrogen-bond donors (Lipinski definition) is 3. The van der Waals surface area contributed by atoms with Gasteiger partial charge in [-0.15, -0.1) is 0 Å². The van der Waals surface area contributed by atoms with Crippen LogP contribution in [0.5, 0.6) is 0 Å². The molecule has 0 fully saturated rings. The van der Waals surface area contributed by atoms with E-state index in [0.717, 1.165) is 22.2 Å². The summed E-state index contributed by atoms with van der Waals surface area (Å²) in [6.45, 7) is 15.9. The van der Waals surface area contributed by atoms with E-state index in [1.165, 1.54) is 6.92 Å². The highest BCUT2D eigenvalue weighted by Crippen LogP contribution is 2.40. The summed E-state index contributed by atoms with van der Waals surface area (Å²) >= 11 is 0. The number of rotatable bonds is 7. The van der Waals surface area contributed by atoms with Crippen molar-refractivity contribution in [2.24, 2.45) is 18.4 Å². The predicted octanol–water partition coefficient (Wildman–Crippen LogP) is 3.97. The number of amides is 2. The van der Waals surface area contributed by atoms with Gasteiger partial charge < -0.3 is 19.9 Å². The monoisotopic (exact) mass is 524 g/mol. The molecule has 8 heteroatoms. The fourth-order valence-corrected chi connectivity index (χ4v) is 5.69. The van der Waals surface area contributed by atoms with E-state index >= 15 is 0 Å². The number of nitrogens with zero attached hydrogens (tertiary/aromatic N) is 2. The molecule has 2 heterocycles. The number of para-hydroxylation sites is 1. The molecule has 38 heavy (non-hydrogen) atoms. The molecule has 3 rings (SSSR count). The molecule has 1 unspecified atom stereocenters. The lowest BCUT2D eigenvalue weighted by atomic mass is 9.73. The number of likely N-dealkylation sites (N-methyl/N-ethyl adjacent to an activating group) is 1. The molecule has 208 valence electrons. The Labute approximate surface area is 226 Å². The summed E-state index contributed by atoms with van der Waals surface area (Å²) in [5.74, 6) is -1.51. The van der Waals surface area contributed by atoms with E-state index in [2.05, 4.69) is 48.2 Å². The largest absolute Gasteiger partial charge is 0.478 e. The number of nitrogens with one attached hydrogen (secondary N) is 2. The number of carbonyl (C=O) groups is 3. The Hall–Kier alpha value is -3.13. The lowest BCUT2D eigenvalue weighted by molar-refractivity contribution is -0.141. The summed E-state index contributed by atoms with van der Waals surface area (Å²) < 4.78 is 2.18. The number of carboxylic acid groups (broad SMARTS) is 1. The minimum atomic E-state index is -1.02. The molecular formula is C30H44N4O4. The van der Waals surface area contributed by atoms with Crippen LogP contribution in [0.2, 0.25) is 0 Å². The van der Waals surface area contributed by atoms with Gasteiger partial charge in [0.05, 0.1) is 12.1 Å². The van der Waals surface area contributed by atoms with Crippen LogP contribution in [0.1, 0.15) is 66.6 Å². The van der Waals surface area contributed by atoms with Crippen molar-refractivity contribution in [2.45, 2.75) is 85.5 Å². The van der Waals surface area contributed by atoms with Crippen molar-refractivity contribution in [1.82, 2.24) is 20.1 Å². The van der Waals surface area contributed by atoms with Crippen LogP contribution in [0, 0.1) is 11.3 Å². The number of aromatic nitrogens is 1. The average Bonchev–Trinajstić information content (AvgIpc) is 3.12. The SMILES string of the molecule is C/C(=C\[C@@H](C(C)C)N(C)C(=O)[C@@H](NC(=O)C1NCc2c(c3ccccc3n2C)C1(C)C)C(C)(C)C)C(=O)O. The second-order valence-electron chi connectivity index (χ2n) is 12.6. The van der Waals surface area contributed by atoms with E-state index in [1.54, 1.807) is 18.0 Å². The number of carbonyl (C=O) groups excluding carboxylic acids is 2. The Morgan fingerprint density at radius 1 is 1.21 bits per heavy atom. The molecule has 0 saturated carbocycles. The van der Waals surface area contributed by atoms with Crippen molar-refractivity contribution in [2.75, 3.05) is 7.05 Å². The van der Waals surface area contributed by atoms with Gasteiger partial charge in [0.2, 0.25) is 11.8 Å². The molecule has 2 amide bonds. The first-order chi connectivity index (χ1) is 17.5. The van der Waals surface area contributed by atoms with Gasteiger partial charge in [-0.25, -0.2) is 4.79 Å². The van der Waals surface area contributed by atoms with Crippen LogP contribution in [0.15, 0.2) is 35.9 Å². The summed E-state index contributed by atoms with van der Waals surface area (Å²) in [5.41, 5.74) is 2.51. The summed E-state index contributed by atoms with van der Waals surface area (Å²) in [6.07, 6.45) is 1.61. The van der Waals surface area contributed by atoms with Crippen molar-refractivity contribution in [3.8, 4) is 0 Å². The second-order valence-corrected chi connectivity index (χ2v) is 12.6. The van der Waals surface area contributed by atoms with E-state index in [1.807, 2.05) is 46.8 Å². The maximum Gasteiger partial charge on any atom is 0.331 e. The van der Waals surface area contributed by atoms with Gasteiger partial charge in [-0.1, -0.05) is 72.7 Å². The van der Waals surface area contributed by atoms with E-state index in [4.69, 9.17) is 0 Å². The van der Waals surface area contributed by atoms with Crippen molar-refractivity contribution < 1.29 is 19.5 Å². The van der Waals surface area contributed by atoms with Crippen LogP contribution in [-0.4, -0.2) is 57.5 Å². The van der Waals surface area contributed by atoms with Gasteiger partial charge in [0.25, 0.3) is 0 Å². The number of carboxylic acids is 1. The molecule has 3 N–H and O–H groups in total. The van der Waals surface area contributed by atoms with Gasteiger partial charge in [0.1, 0.15) is 6.04 Å². The molecule has 0 bridgehead atoms. The molecule has 1 aliphatic rings. The summed E-state index contributed by atoms with van der Waals surface area (Å²) in [5, 5.41) is 17.0. The molecule has 0 radical (unpaired) electrons. The quantitative estimate of drug-likeness (QED) is 0.476. The van der Waals surface area contributed by atoms with Crippen LogP contribution in [-0.2, 0) is 33.4 Å². The maximum atomic E-state index is 13.9. The topological polar surface area (TPSA) is 104 Å². The van der Waals surface area contributed by atoms with E-state index in [0.29, 0.717) is 6.54 Å². The standard InChI is InChI=1S/C30H44N4O4/c1-17(2)21(15-18(3)28(37)38)34(10)27(36)25(29(4,5)6)32-26(35)24-30(7,8)23-19-13-11-12-14-20(19)33(9)22(23)16-31-24/h11-15,17,21,24-25,31H,16H2,1-10H3,(H,32,35)(H,37,38)/b18-15+/t21-,24?,25+/m0/s1. The van der Waals surface area contributed by atoms with Crippen LogP contribution in [0.4, 0.5) is 0 Å². The summed E-state index contributed by atoms with van der Waals surface area (Å²) in [4.78, 5) is 40.8. The smallest absolute Gasteiger partial charge is 0.331 e. The zero-order valence-corrected chi connectivity index (χ0v) is 24.5. The first-order valence-electron chi connectivity index (χ1n) is 13.3. The van der Waals surface area contributed by atoms with E-state index < -0.39 is 34.9 Å². The molecule has 0 spiro atoms. The normalized spacial score (nSPS) is 19.1. The number of hydrogen-bond acceptors (Lipinski definition) is 4. The van der Waals surface area contributed by atoms with Crippen LogP contribution in [0.3, 0.4) is 0 Å². The molecule has 1 aromatic carbocycles. The van der Waals surface area contributed by atoms with E-state index in [-0.39, 0.29) is 23.3 Å². The van der Waals surface area contributed by atoms with E-state index in [9.17, 15) is 19.5 Å². The second kappa shape index (κ2) is 10.6. The minimum Gasteiger partial charge on any atom is -0.478 e. The number of benzene rings is 1. The lowest BCUT2D eigenvalue weighted by Gasteiger charge is -2.42. The summed E-state index contributed by atoms with van der Waals surface area (Å²) in [7, 11) is 3.73. The number of aliphatic carboxylic acids is 1. The lowest BCUT2D eigenvalue weighted by Crippen LogP contribution is -2.63. The third-order valence-corrected chi connectivity index (χ3v) is 7.97. The summed E-state index contributed by atoms with van der Waals surface area (Å²) in [6, 6.07) is 6.46. The number of fused-ring (bicyclic) bond motifs is 3. The highest BCUT2D eigenvalue weighted by atomic mass is 16.4. The van der Waals surface area contributed by atoms with Crippen molar-refractivity contribution in [3.63, 3.8) is 0 Å². The zero-order chi connectivity index (χ0) is 28.7. The van der Waals surface area contributed by atoms with Gasteiger partial charge in [-0.2, -0.15) is 0 Å². The Bertz CT molecular complexity index is 1270. The maximum absolute atomic E-state index is 13.9. The Morgan fingerprint density at radius 2 is 1.82 bits per heavy atom. The van der Waals surface area contributed by atoms with Crippen molar-refractivity contribution in [1.29, 1.82) is 0 Å². The van der Waals surface area contributed by atoms with Gasteiger partial charge in [-0.3, -0.25) is 14.9 Å². The predicted molar refractivity (Wildman–Crippen MR) is 151 cm³/mol. The zero-order valence-electron chi connectivity index (χ0n) is 24.5. The Morgan fingerprint density at radius 3 is 2.37 bits per heavy atom. The highest BCUT2D eigenvalue weighted by molar-refractivity contribution is 5.94. The first kappa shape index (κ1) is 29.4. The molecular weight excluding hydrogens is 480 g/mol. The molecule has 2 aromatic rings.